The molecule has 2 aliphatic rings. The number of aliphatic hydroxyl groups is 1. The molecule has 4 bridgehead atoms. The highest BCUT2D eigenvalue weighted by Gasteiger charge is 2.40. The highest BCUT2D eigenvalue weighted by molar-refractivity contribution is 7.92. The van der Waals surface area contributed by atoms with Crippen LogP contribution in [0.3, 0.4) is 0 Å². The summed E-state index contributed by atoms with van der Waals surface area (Å²) in [6.45, 7) is 8.40. The first-order valence-electron chi connectivity index (χ1n) is 13.7. The highest BCUT2D eigenvalue weighted by Crippen LogP contribution is 2.36. The van der Waals surface area contributed by atoms with Gasteiger partial charge in [-0.1, -0.05) is 38.1 Å². The van der Waals surface area contributed by atoms with Gasteiger partial charge in [-0.15, -0.1) is 0 Å². The fourth-order valence-corrected chi connectivity index (χ4v) is 6.70. The van der Waals surface area contributed by atoms with Crippen molar-refractivity contribution in [3.05, 3.63) is 65.2 Å². The van der Waals surface area contributed by atoms with E-state index in [2.05, 4.69) is 28.5 Å². The van der Waals surface area contributed by atoms with Crippen molar-refractivity contribution < 1.29 is 23.1 Å². The molecule has 1 aliphatic heterocycles. The van der Waals surface area contributed by atoms with Crippen molar-refractivity contribution in [3.8, 4) is 17.1 Å². The molecule has 0 unspecified atom stereocenters. The average molecular weight is 565 g/mol. The number of nitrogens with one attached hydrogen (secondary N) is 1. The minimum atomic E-state index is -4.11. The van der Waals surface area contributed by atoms with E-state index in [4.69, 9.17) is 4.74 Å². The van der Waals surface area contributed by atoms with E-state index in [9.17, 15) is 18.3 Å². The molecule has 1 fully saturated rings. The second-order valence-electron chi connectivity index (χ2n) is 11.3. The number of carbonyl (C=O) groups excluding carboxylic acids is 1. The van der Waals surface area contributed by atoms with Crippen molar-refractivity contribution in [2.24, 2.45) is 11.8 Å². The number of anilines is 1. The van der Waals surface area contributed by atoms with Gasteiger partial charge in [-0.25, -0.2) is 18.1 Å². The van der Waals surface area contributed by atoms with Crippen LogP contribution in [0.15, 0.2) is 53.4 Å². The monoisotopic (exact) mass is 564 g/mol. The van der Waals surface area contributed by atoms with Gasteiger partial charge in [-0.05, 0) is 74.3 Å². The van der Waals surface area contributed by atoms with Gasteiger partial charge in [-0.3, -0.25) is 4.79 Å². The lowest BCUT2D eigenvalue weighted by Gasteiger charge is -2.46. The van der Waals surface area contributed by atoms with Crippen LogP contribution < -0.4 is 9.46 Å². The summed E-state index contributed by atoms with van der Waals surface area (Å²) in [4.78, 5) is 24.8. The van der Waals surface area contributed by atoms with E-state index in [-0.39, 0.29) is 65.3 Å². The fourth-order valence-electron chi connectivity index (χ4n) is 5.71. The summed E-state index contributed by atoms with van der Waals surface area (Å²) < 4.78 is 35.7. The van der Waals surface area contributed by atoms with Gasteiger partial charge in [-0.2, -0.15) is 4.98 Å². The highest BCUT2D eigenvalue weighted by atomic mass is 32.2. The Hall–Kier alpha value is -3.50. The molecule has 1 atom stereocenters. The minimum absolute atomic E-state index is 0.0525. The maximum atomic E-state index is 14.0. The summed E-state index contributed by atoms with van der Waals surface area (Å²) >= 11 is 0. The molecule has 5 rings (SSSR count). The van der Waals surface area contributed by atoms with Crippen LogP contribution in [0.1, 0.15) is 54.6 Å². The number of ether oxygens (including phenoxy) is 1. The Kier molecular flexibility index (Phi) is 7.83. The number of fused-ring (bicyclic) bond motifs is 4. The topological polar surface area (TPSA) is 122 Å². The lowest BCUT2D eigenvalue weighted by atomic mass is 9.78. The predicted molar refractivity (Wildman–Crippen MR) is 153 cm³/mol. The van der Waals surface area contributed by atoms with Crippen LogP contribution in [0, 0.1) is 25.7 Å². The Morgan fingerprint density at radius 2 is 1.77 bits per heavy atom. The Morgan fingerprint density at radius 3 is 2.45 bits per heavy atom. The SMILES string of the molecule is Cc1cccc(C)c1-c1cc2nc(n1)NS(=O)(=O)c1cccc(c1)C(=O)N(C1CC(CO)C1)[C@H](CC(C)C)CO2. The van der Waals surface area contributed by atoms with Gasteiger partial charge in [0.25, 0.3) is 15.9 Å². The number of sulfonamides is 1. The smallest absolute Gasteiger partial charge is 0.264 e. The maximum absolute atomic E-state index is 14.0. The van der Waals surface area contributed by atoms with Crippen LogP contribution in [0.2, 0.25) is 0 Å². The van der Waals surface area contributed by atoms with Gasteiger partial charge in [0.2, 0.25) is 11.8 Å². The molecule has 3 aromatic rings. The summed E-state index contributed by atoms with van der Waals surface area (Å²) in [6.07, 6.45) is 2.06. The molecule has 1 saturated carbocycles. The first kappa shape index (κ1) is 28.0. The Morgan fingerprint density at radius 1 is 1.07 bits per heavy atom. The van der Waals surface area contributed by atoms with Crippen molar-refractivity contribution in [3.63, 3.8) is 0 Å². The van der Waals surface area contributed by atoms with Gasteiger partial charge in [0, 0.05) is 29.8 Å². The van der Waals surface area contributed by atoms with E-state index in [1.54, 1.807) is 18.2 Å². The molecule has 2 heterocycles. The number of rotatable bonds is 5. The second-order valence-corrected chi connectivity index (χ2v) is 13.0. The third-order valence-corrected chi connectivity index (χ3v) is 9.04. The second kappa shape index (κ2) is 11.2. The van der Waals surface area contributed by atoms with Gasteiger partial charge in [0.1, 0.15) is 6.61 Å². The van der Waals surface area contributed by atoms with Crippen LogP contribution in [-0.4, -0.2) is 59.6 Å². The first-order chi connectivity index (χ1) is 19.1. The summed E-state index contributed by atoms with van der Waals surface area (Å²) in [5.74, 6) is 0.282. The Bertz CT molecular complexity index is 1500. The molecule has 0 radical (unpaired) electrons. The number of hydrogen-bond acceptors (Lipinski definition) is 7. The van der Waals surface area contributed by atoms with Crippen LogP contribution in [0.4, 0.5) is 5.95 Å². The third kappa shape index (κ3) is 5.69. The molecule has 40 heavy (non-hydrogen) atoms. The van der Waals surface area contributed by atoms with Crippen molar-refractivity contribution in [1.29, 1.82) is 0 Å². The lowest BCUT2D eigenvalue weighted by molar-refractivity contribution is 0.00367. The van der Waals surface area contributed by atoms with Crippen molar-refractivity contribution >= 4 is 21.9 Å². The summed E-state index contributed by atoms with van der Waals surface area (Å²) in [6, 6.07) is 13.3. The van der Waals surface area contributed by atoms with Gasteiger partial charge in [0.15, 0.2) is 0 Å². The molecule has 2 N–H and O–H groups in total. The number of nitrogens with zero attached hydrogens (tertiary/aromatic N) is 3. The van der Waals surface area contributed by atoms with Crippen molar-refractivity contribution in [2.75, 3.05) is 17.9 Å². The molecule has 0 spiro atoms. The van der Waals surface area contributed by atoms with Crippen LogP contribution in [0.5, 0.6) is 5.88 Å². The molecule has 1 aromatic heterocycles. The predicted octanol–water partition coefficient (Wildman–Crippen LogP) is 4.58. The first-order valence-corrected chi connectivity index (χ1v) is 15.2. The van der Waals surface area contributed by atoms with E-state index in [0.29, 0.717) is 25.0 Å². The number of aromatic nitrogens is 2. The summed E-state index contributed by atoms with van der Waals surface area (Å²) in [5, 5.41) is 9.65. The van der Waals surface area contributed by atoms with E-state index < -0.39 is 10.0 Å². The van der Waals surface area contributed by atoms with Gasteiger partial charge in [0.05, 0.1) is 16.6 Å². The van der Waals surface area contributed by atoms with Gasteiger partial charge < -0.3 is 14.7 Å². The summed E-state index contributed by atoms with van der Waals surface area (Å²) in [7, 11) is -4.11. The van der Waals surface area contributed by atoms with E-state index >= 15 is 0 Å². The molecule has 0 saturated heterocycles. The normalized spacial score (nSPS) is 22.3. The number of amides is 1. The standard InChI is InChI=1S/C30H36N4O5S/c1-18(2)11-24-17-39-27-15-26(28-19(3)7-5-8-20(28)4)31-30(32-27)33-40(37,38)25-10-6-9-22(14-25)29(36)34(24)23-12-21(13-23)16-35/h5-10,14-15,18,21,23-24,35H,11-13,16-17H2,1-4H3,(H,31,32,33)/t21?,23?,24-/m1/s1. The van der Waals surface area contributed by atoms with Crippen LogP contribution in [-0.2, 0) is 10.0 Å². The van der Waals surface area contributed by atoms with Crippen LogP contribution >= 0.6 is 0 Å². The zero-order valence-corrected chi connectivity index (χ0v) is 24.1. The number of hydrogen-bond donors (Lipinski definition) is 2. The quantitative estimate of drug-likeness (QED) is 0.465. The number of benzene rings is 2. The van der Waals surface area contributed by atoms with Gasteiger partial charge >= 0.3 is 0 Å². The molecule has 9 nitrogen and oxygen atoms in total. The molecule has 1 aliphatic carbocycles. The molecule has 1 amide bonds. The van der Waals surface area contributed by atoms with Crippen molar-refractivity contribution in [1.82, 2.24) is 14.9 Å². The maximum Gasteiger partial charge on any atom is 0.264 e. The van der Waals surface area contributed by atoms with E-state index in [0.717, 1.165) is 16.7 Å². The molecule has 212 valence electrons. The minimum Gasteiger partial charge on any atom is -0.475 e. The molecular weight excluding hydrogens is 528 g/mol. The molecule has 10 heteroatoms. The molecule has 2 aromatic carbocycles. The fraction of sp³-hybridized carbons (Fsp3) is 0.433. The van der Waals surface area contributed by atoms with Crippen LogP contribution in [0.25, 0.3) is 11.3 Å². The number of aryl methyl sites for hydroxylation is 2. The Balaban J connectivity index is 1.65. The third-order valence-electron chi connectivity index (χ3n) is 7.71. The average Bonchev–Trinajstić information content (AvgIpc) is 2.87. The van der Waals surface area contributed by atoms with Crippen molar-refractivity contribution in [2.45, 2.75) is 63.9 Å². The number of aliphatic hydroxyl groups excluding tert-OH is 1. The van der Waals surface area contributed by atoms with E-state index in [1.165, 1.54) is 12.1 Å². The zero-order valence-electron chi connectivity index (χ0n) is 23.3. The lowest BCUT2D eigenvalue weighted by Crippen LogP contribution is -2.55. The molecular formula is C30H36N4O5S. The largest absolute Gasteiger partial charge is 0.475 e. The Labute approximate surface area is 235 Å². The number of carbonyl (C=O) groups is 1. The van der Waals surface area contributed by atoms with E-state index in [1.807, 2.05) is 36.9 Å². The summed E-state index contributed by atoms with van der Waals surface area (Å²) in [5.41, 5.74) is 3.68. The zero-order chi connectivity index (χ0) is 28.6.